The summed E-state index contributed by atoms with van der Waals surface area (Å²) in [4.78, 5) is 0. The summed E-state index contributed by atoms with van der Waals surface area (Å²) in [5.41, 5.74) is 6.52. The number of aliphatic hydroxyl groups is 1. The lowest BCUT2D eigenvalue weighted by atomic mass is 9.77. The van der Waals surface area contributed by atoms with Crippen LogP contribution in [0, 0.1) is 5.41 Å². The van der Waals surface area contributed by atoms with Crippen LogP contribution in [0.4, 0.5) is 0 Å². The fourth-order valence-electron chi connectivity index (χ4n) is 2.93. The molecule has 1 aliphatic rings. The molecule has 19 heavy (non-hydrogen) atoms. The van der Waals surface area contributed by atoms with E-state index < -0.39 is 6.10 Å². The first-order chi connectivity index (χ1) is 9.27. The lowest BCUT2D eigenvalue weighted by Crippen LogP contribution is -2.37. The van der Waals surface area contributed by atoms with Crippen LogP contribution in [0.25, 0.3) is 10.8 Å². The summed E-state index contributed by atoms with van der Waals surface area (Å²) in [6, 6.07) is 14.2. The molecule has 1 saturated heterocycles. The molecule has 100 valence electrons. The summed E-state index contributed by atoms with van der Waals surface area (Å²) < 4.78 is 5.47. The maximum absolute atomic E-state index is 10.8. The molecule has 2 unspecified atom stereocenters. The van der Waals surface area contributed by atoms with Crippen LogP contribution in [0.5, 0.6) is 0 Å². The van der Waals surface area contributed by atoms with E-state index in [0.717, 1.165) is 22.8 Å². The summed E-state index contributed by atoms with van der Waals surface area (Å²) in [5.74, 6) is 0. The Morgan fingerprint density at radius 1 is 1.21 bits per heavy atom. The van der Waals surface area contributed by atoms with Gasteiger partial charge in [0.15, 0.2) is 0 Å². The lowest BCUT2D eigenvalue weighted by molar-refractivity contribution is 0.0200. The first-order valence-corrected chi connectivity index (χ1v) is 6.70. The van der Waals surface area contributed by atoms with Crippen molar-refractivity contribution in [1.82, 2.24) is 0 Å². The van der Waals surface area contributed by atoms with Crippen LogP contribution < -0.4 is 5.73 Å². The zero-order valence-corrected chi connectivity index (χ0v) is 10.9. The minimum absolute atomic E-state index is 0.343. The molecular formula is C16H19NO2. The molecule has 0 aromatic heterocycles. The van der Waals surface area contributed by atoms with Crippen molar-refractivity contribution in [2.24, 2.45) is 11.1 Å². The smallest absolute Gasteiger partial charge is 0.0887 e. The highest BCUT2D eigenvalue weighted by Crippen LogP contribution is 2.42. The predicted molar refractivity (Wildman–Crippen MR) is 75.8 cm³/mol. The van der Waals surface area contributed by atoms with Gasteiger partial charge in [0.2, 0.25) is 0 Å². The molecule has 2 atom stereocenters. The Hall–Kier alpha value is -1.42. The number of ether oxygens (including phenoxy) is 1. The second-order valence-corrected chi connectivity index (χ2v) is 5.34. The number of rotatable bonds is 3. The quantitative estimate of drug-likeness (QED) is 0.886. The third kappa shape index (κ3) is 2.04. The van der Waals surface area contributed by atoms with Crippen molar-refractivity contribution in [2.75, 3.05) is 19.8 Å². The van der Waals surface area contributed by atoms with E-state index in [2.05, 4.69) is 12.1 Å². The molecular weight excluding hydrogens is 238 g/mol. The monoisotopic (exact) mass is 257 g/mol. The molecule has 0 aliphatic carbocycles. The van der Waals surface area contributed by atoms with E-state index >= 15 is 0 Å². The Morgan fingerprint density at radius 3 is 2.74 bits per heavy atom. The number of fused-ring (bicyclic) bond motifs is 1. The SMILES string of the molecule is NCC1(C(O)c2cccc3ccccc23)CCOC1. The molecule has 3 rings (SSSR count). The summed E-state index contributed by atoms with van der Waals surface area (Å²) in [7, 11) is 0. The molecule has 0 spiro atoms. The van der Waals surface area contributed by atoms with Crippen LogP contribution in [0.15, 0.2) is 42.5 Å². The van der Waals surface area contributed by atoms with Crippen molar-refractivity contribution in [3.8, 4) is 0 Å². The Morgan fingerprint density at radius 2 is 2.00 bits per heavy atom. The lowest BCUT2D eigenvalue weighted by Gasteiger charge is -2.32. The molecule has 0 saturated carbocycles. The van der Waals surface area contributed by atoms with Gasteiger partial charge in [0, 0.05) is 18.6 Å². The topological polar surface area (TPSA) is 55.5 Å². The van der Waals surface area contributed by atoms with Crippen molar-refractivity contribution in [1.29, 1.82) is 0 Å². The van der Waals surface area contributed by atoms with E-state index in [0.29, 0.717) is 19.8 Å². The maximum Gasteiger partial charge on any atom is 0.0887 e. The van der Waals surface area contributed by atoms with E-state index in [9.17, 15) is 5.11 Å². The molecule has 2 aromatic carbocycles. The van der Waals surface area contributed by atoms with Gasteiger partial charge in [-0.15, -0.1) is 0 Å². The van der Waals surface area contributed by atoms with E-state index in [1.165, 1.54) is 0 Å². The highest BCUT2D eigenvalue weighted by atomic mass is 16.5. The summed E-state index contributed by atoms with van der Waals surface area (Å²) in [5, 5.41) is 13.0. The van der Waals surface area contributed by atoms with Gasteiger partial charge in [-0.3, -0.25) is 0 Å². The molecule has 0 radical (unpaired) electrons. The van der Waals surface area contributed by atoms with Crippen LogP contribution in [-0.2, 0) is 4.74 Å². The number of benzene rings is 2. The largest absolute Gasteiger partial charge is 0.388 e. The van der Waals surface area contributed by atoms with Gasteiger partial charge in [-0.1, -0.05) is 42.5 Å². The van der Waals surface area contributed by atoms with E-state index in [1.807, 2.05) is 30.3 Å². The molecule has 3 N–H and O–H groups in total. The minimum Gasteiger partial charge on any atom is -0.388 e. The van der Waals surface area contributed by atoms with Crippen LogP contribution >= 0.6 is 0 Å². The van der Waals surface area contributed by atoms with Gasteiger partial charge in [-0.05, 0) is 22.8 Å². The van der Waals surface area contributed by atoms with Gasteiger partial charge < -0.3 is 15.6 Å². The molecule has 1 fully saturated rings. The van der Waals surface area contributed by atoms with E-state index in [-0.39, 0.29) is 5.41 Å². The molecule has 0 amide bonds. The number of aliphatic hydroxyl groups excluding tert-OH is 1. The predicted octanol–water partition coefficient (Wildman–Crippen LogP) is 2.24. The van der Waals surface area contributed by atoms with Crippen molar-refractivity contribution in [3.05, 3.63) is 48.0 Å². The minimum atomic E-state index is -0.578. The highest BCUT2D eigenvalue weighted by Gasteiger charge is 2.41. The number of nitrogens with two attached hydrogens (primary N) is 1. The first-order valence-electron chi connectivity index (χ1n) is 6.70. The average Bonchev–Trinajstić information content (AvgIpc) is 2.96. The van der Waals surface area contributed by atoms with Crippen molar-refractivity contribution in [3.63, 3.8) is 0 Å². The molecule has 1 aliphatic heterocycles. The zero-order valence-electron chi connectivity index (χ0n) is 10.9. The Labute approximate surface area is 113 Å². The maximum atomic E-state index is 10.8. The third-order valence-electron chi connectivity index (χ3n) is 4.24. The molecule has 3 heteroatoms. The summed E-state index contributed by atoms with van der Waals surface area (Å²) >= 11 is 0. The fraction of sp³-hybridized carbons (Fsp3) is 0.375. The van der Waals surface area contributed by atoms with Crippen molar-refractivity contribution >= 4 is 10.8 Å². The highest BCUT2D eigenvalue weighted by molar-refractivity contribution is 5.86. The van der Waals surface area contributed by atoms with Crippen LogP contribution in [0.3, 0.4) is 0 Å². The molecule has 3 nitrogen and oxygen atoms in total. The number of hydrogen-bond donors (Lipinski definition) is 2. The Kier molecular flexibility index (Phi) is 3.27. The molecule has 2 aromatic rings. The second kappa shape index (κ2) is 4.93. The van der Waals surface area contributed by atoms with Gasteiger partial charge in [-0.2, -0.15) is 0 Å². The van der Waals surface area contributed by atoms with Crippen LogP contribution in [0.2, 0.25) is 0 Å². The Balaban J connectivity index is 2.08. The summed E-state index contributed by atoms with van der Waals surface area (Å²) in [6.07, 6.45) is 0.236. The van der Waals surface area contributed by atoms with E-state index in [1.54, 1.807) is 0 Å². The van der Waals surface area contributed by atoms with Gasteiger partial charge in [-0.25, -0.2) is 0 Å². The average molecular weight is 257 g/mol. The number of hydrogen-bond acceptors (Lipinski definition) is 3. The van der Waals surface area contributed by atoms with Gasteiger partial charge in [0.25, 0.3) is 0 Å². The zero-order chi connectivity index (χ0) is 13.3. The van der Waals surface area contributed by atoms with Gasteiger partial charge in [0.1, 0.15) is 0 Å². The van der Waals surface area contributed by atoms with Crippen LogP contribution in [0.1, 0.15) is 18.1 Å². The van der Waals surface area contributed by atoms with Gasteiger partial charge >= 0.3 is 0 Å². The van der Waals surface area contributed by atoms with E-state index in [4.69, 9.17) is 10.5 Å². The normalized spacial score (nSPS) is 24.7. The third-order valence-corrected chi connectivity index (χ3v) is 4.24. The van der Waals surface area contributed by atoms with Crippen molar-refractivity contribution < 1.29 is 9.84 Å². The second-order valence-electron chi connectivity index (χ2n) is 5.34. The molecule has 1 heterocycles. The first kappa shape index (κ1) is 12.6. The fourth-order valence-corrected chi connectivity index (χ4v) is 2.93. The standard InChI is InChI=1S/C16H19NO2/c17-10-16(8-9-19-11-16)15(18)14-7-3-5-12-4-1-2-6-13(12)14/h1-7,15,18H,8-11,17H2. The van der Waals surface area contributed by atoms with Crippen molar-refractivity contribution in [2.45, 2.75) is 12.5 Å². The van der Waals surface area contributed by atoms with Crippen LogP contribution in [-0.4, -0.2) is 24.9 Å². The summed E-state index contributed by atoms with van der Waals surface area (Å²) in [6.45, 7) is 1.66. The Bertz CT molecular complexity index is 570. The molecule has 0 bridgehead atoms. The van der Waals surface area contributed by atoms with Gasteiger partial charge in [0.05, 0.1) is 12.7 Å².